The van der Waals surface area contributed by atoms with Crippen molar-refractivity contribution in [1.82, 2.24) is 5.32 Å². The van der Waals surface area contributed by atoms with E-state index in [4.69, 9.17) is 4.74 Å². The molecule has 1 aromatic rings. The predicted molar refractivity (Wildman–Crippen MR) is 57.8 cm³/mol. The largest absolute Gasteiger partial charge is 0.497 e. The van der Waals surface area contributed by atoms with E-state index in [0.29, 0.717) is 0 Å². The van der Waals surface area contributed by atoms with Crippen molar-refractivity contribution in [2.75, 3.05) is 25.5 Å². The van der Waals surface area contributed by atoms with Gasteiger partial charge < -0.3 is 15.4 Å². The summed E-state index contributed by atoms with van der Waals surface area (Å²) in [7, 11) is 1.70. The number of methoxy groups -OCH3 is 1. The molecular weight excluding hydrogens is 176 g/mol. The van der Waals surface area contributed by atoms with Crippen LogP contribution in [0.4, 0.5) is 5.69 Å². The van der Waals surface area contributed by atoms with E-state index in [1.54, 1.807) is 7.11 Å². The van der Waals surface area contributed by atoms with E-state index < -0.39 is 0 Å². The van der Waals surface area contributed by atoms with Crippen LogP contribution in [0.3, 0.4) is 0 Å². The molecule has 0 unspecified atom stereocenters. The lowest BCUT2D eigenvalue weighted by molar-refractivity contribution is 0.414. The van der Waals surface area contributed by atoms with Gasteiger partial charge in [-0.1, -0.05) is 0 Å². The molecule has 0 fully saturated rings. The fraction of sp³-hybridized carbons (Fsp3) is 0.455. The topological polar surface area (TPSA) is 33.3 Å². The molecule has 0 atom stereocenters. The van der Waals surface area contributed by atoms with Crippen molar-refractivity contribution >= 4 is 5.69 Å². The zero-order chi connectivity index (χ0) is 9.80. The van der Waals surface area contributed by atoms with E-state index in [0.717, 1.165) is 25.4 Å². The Bertz CT molecular complexity index is 312. The summed E-state index contributed by atoms with van der Waals surface area (Å²) in [6.07, 6.45) is 1.17. The zero-order valence-electron chi connectivity index (χ0n) is 8.47. The molecule has 14 heavy (non-hydrogen) atoms. The SMILES string of the molecule is COc1ccc2c(c1)CNCCCN2. The van der Waals surface area contributed by atoms with Gasteiger partial charge in [-0.2, -0.15) is 0 Å². The molecule has 0 amide bonds. The Kier molecular flexibility index (Phi) is 2.89. The lowest BCUT2D eigenvalue weighted by atomic mass is 10.1. The Morgan fingerprint density at radius 2 is 2.21 bits per heavy atom. The molecule has 3 nitrogen and oxygen atoms in total. The molecule has 0 spiro atoms. The third kappa shape index (κ3) is 1.99. The third-order valence-corrected chi connectivity index (χ3v) is 2.47. The lowest BCUT2D eigenvalue weighted by Gasteiger charge is -2.17. The first-order chi connectivity index (χ1) is 6.90. The number of nitrogens with one attached hydrogen (secondary N) is 2. The Labute approximate surface area is 84.5 Å². The highest BCUT2D eigenvalue weighted by atomic mass is 16.5. The highest BCUT2D eigenvalue weighted by Crippen LogP contribution is 2.22. The van der Waals surface area contributed by atoms with Crippen LogP contribution in [-0.2, 0) is 6.54 Å². The van der Waals surface area contributed by atoms with Crippen LogP contribution in [0, 0.1) is 0 Å². The van der Waals surface area contributed by atoms with Crippen LogP contribution < -0.4 is 15.4 Å². The van der Waals surface area contributed by atoms with Gasteiger partial charge in [0.15, 0.2) is 0 Å². The molecule has 0 aliphatic carbocycles. The highest BCUT2D eigenvalue weighted by Gasteiger charge is 2.06. The summed E-state index contributed by atoms with van der Waals surface area (Å²) in [4.78, 5) is 0. The van der Waals surface area contributed by atoms with Gasteiger partial charge in [0.1, 0.15) is 5.75 Å². The van der Waals surface area contributed by atoms with Crippen LogP contribution in [0.1, 0.15) is 12.0 Å². The minimum absolute atomic E-state index is 0.916. The summed E-state index contributed by atoms with van der Waals surface area (Å²) in [6.45, 7) is 3.02. The van der Waals surface area contributed by atoms with Crippen molar-refractivity contribution in [3.05, 3.63) is 23.8 Å². The standard InChI is InChI=1S/C11H16N2O/c1-14-10-3-4-11-9(7-10)8-12-5-2-6-13-11/h3-4,7,12-13H,2,5-6,8H2,1H3. The number of hydrogen-bond donors (Lipinski definition) is 2. The smallest absolute Gasteiger partial charge is 0.119 e. The number of benzene rings is 1. The summed E-state index contributed by atoms with van der Waals surface area (Å²) in [6, 6.07) is 6.16. The van der Waals surface area contributed by atoms with Gasteiger partial charge in [0.25, 0.3) is 0 Å². The number of hydrogen-bond acceptors (Lipinski definition) is 3. The first kappa shape index (κ1) is 9.34. The zero-order valence-corrected chi connectivity index (χ0v) is 8.47. The normalized spacial score (nSPS) is 16.1. The van der Waals surface area contributed by atoms with E-state index in [2.05, 4.69) is 22.8 Å². The molecule has 1 aliphatic rings. The van der Waals surface area contributed by atoms with E-state index in [-0.39, 0.29) is 0 Å². The molecular formula is C11H16N2O. The summed E-state index contributed by atoms with van der Waals surface area (Å²) < 4.78 is 5.20. The first-order valence-electron chi connectivity index (χ1n) is 5.01. The van der Waals surface area contributed by atoms with Gasteiger partial charge in [-0.05, 0) is 36.7 Å². The maximum atomic E-state index is 5.20. The van der Waals surface area contributed by atoms with Crippen molar-refractivity contribution in [3.8, 4) is 5.75 Å². The van der Waals surface area contributed by atoms with Crippen LogP contribution in [-0.4, -0.2) is 20.2 Å². The van der Waals surface area contributed by atoms with Gasteiger partial charge in [-0.25, -0.2) is 0 Å². The van der Waals surface area contributed by atoms with Crippen molar-refractivity contribution in [2.45, 2.75) is 13.0 Å². The second-order valence-corrected chi connectivity index (χ2v) is 3.48. The van der Waals surface area contributed by atoms with E-state index in [1.165, 1.54) is 17.7 Å². The molecule has 0 saturated carbocycles. The molecule has 2 rings (SSSR count). The number of rotatable bonds is 1. The summed E-state index contributed by atoms with van der Waals surface area (Å²) in [5.41, 5.74) is 2.50. The van der Waals surface area contributed by atoms with Gasteiger partial charge in [0.2, 0.25) is 0 Å². The lowest BCUT2D eigenvalue weighted by Crippen LogP contribution is -2.22. The third-order valence-electron chi connectivity index (χ3n) is 2.47. The van der Waals surface area contributed by atoms with Crippen LogP contribution >= 0.6 is 0 Å². The molecule has 1 heterocycles. The Balaban J connectivity index is 2.26. The minimum atomic E-state index is 0.916. The summed E-state index contributed by atoms with van der Waals surface area (Å²) in [5, 5.41) is 6.82. The van der Waals surface area contributed by atoms with Crippen molar-refractivity contribution in [1.29, 1.82) is 0 Å². The van der Waals surface area contributed by atoms with Crippen molar-refractivity contribution in [3.63, 3.8) is 0 Å². The van der Waals surface area contributed by atoms with Gasteiger partial charge >= 0.3 is 0 Å². The number of anilines is 1. The number of fused-ring (bicyclic) bond motifs is 1. The molecule has 0 bridgehead atoms. The molecule has 0 aromatic heterocycles. The maximum Gasteiger partial charge on any atom is 0.119 e. The Morgan fingerprint density at radius 3 is 3.07 bits per heavy atom. The van der Waals surface area contributed by atoms with Gasteiger partial charge in [0, 0.05) is 18.8 Å². The Morgan fingerprint density at radius 1 is 1.29 bits per heavy atom. The second-order valence-electron chi connectivity index (χ2n) is 3.48. The maximum absolute atomic E-state index is 5.20. The predicted octanol–water partition coefficient (Wildman–Crippen LogP) is 1.60. The average molecular weight is 192 g/mol. The summed E-state index contributed by atoms with van der Waals surface area (Å²) in [5.74, 6) is 0.924. The molecule has 1 aliphatic heterocycles. The monoisotopic (exact) mass is 192 g/mol. The van der Waals surface area contributed by atoms with Crippen LogP contribution in [0.15, 0.2) is 18.2 Å². The van der Waals surface area contributed by atoms with E-state index >= 15 is 0 Å². The van der Waals surface area contributed by atoms with Gasteiger partial charge in [0.05, 0.1) is 7.11 Å². The fourth-order valence-electron chi connectivity index (χ4n) is 1.68. The second kappa shape index (κ2) is 4.33. The average Bonchev–Trinajstić information content (AvgIpc) is 2.18. The van der Waals surface area contributed by atoms with Crippen molar-refractivity contribution < 1.29 is 4.74 Å². The number of ether oxygens (including phenoxy) is 1. The van der Waals surface area contributed by atoms with Gasteiger partial charge in [-0.3, -0.25) is 0 Å². The molecule has 0 saturated heterocycles. The first-order valence-corrected chi connectivity index (χ1v) is 5.01. The van der Waals surface area contributed by atoms with E-state index in [9.17, 15) is 0 Å². The summed E-state index contributed by atoms with van der Waals surface area (Å²) >= 11 is 0. The highest BCUT2D eigenvalue weighted by molar-refractivity contribution is 5.54. The van der Waals surface area contributed by atoms with Gasteiger partial charge in [-0.15, -0.1) is 0 Å². The molecule has 3 heteroatoms. The van der Waals surface area contributed by atoms with E-state index in [1.807, 2.05) is 6.07 Å². The Hall–Kier alpha value is -1.22. The fourth-order valence-corrected chi connectivity index (χ4v) is 1.68. The van der Waals surface area contributed by atoms with Crippen LogP contribution in [0.25, 0.3) is 0 Å². The van der Waals surface area contributed by atoms with Crippen LogP contribution in [0.2, 0.25) is 0 Å². The quantitative estimate of drug-likeness (QED) is 0.709. The van der Waals surface area contributed by atoms with Crippen molar-refractivity contribution in [2.24, 2.45) is 0 Å². The minimum Gasteiger partial charge on any atom is -0.497 e. The molecule has 76 valence electrons. The molecule has 2 N–H and O–H groups in total. The molecule has 0 radical (unpaired) electrons. The molecule has 1 aromatic carbocycles. The van der Waals surface area contributed by atoms with Crippen LogP contribution in [0.5, 0.6) is 5.75 Å².